The average molecular weight is 225 g/mol. The Bertz CT molecular complexity index is 548. The van der Waals surface area contributed by atoms with Crippen molar-refractivity contribution in [3.05, 3.63) is 41.6 Å². The maximum atomic E-state index is 12.4. The van der Waals surface area contributed by atoms with Crippen LogP contribution in [0.15, 0.2) is 30.3 Å². The van der Waals surface area contributed by atoms with Crippen molar-refractivity contribution in [3.8, 4) is 0 Å². The molecule has 1 heterocycles. The molecule has 0 bridgehead atoms. The predicted octanol–water partition coefficient (Wildman–Crippen LogP) is 3.07. The third-order valence-corrected chi connectivity index (χ3v) is 2.16. The third kappa shape index (κ3) is 1.88. The molecule has 2 aromatic rings. The Labute approximate surface area is 88.7 Å². The van der Waals surface area contributed by atoms with Crippen LogP contribution < -0.4 is 0 Å². The molecule has 0 spiro atoms. The van der Waals surface area contributed by atoms with Gasteiger partial charge in [0.2, 0.25) is 0 Å². The quantitative estimate of drug-likeness (QED) is 0.698. The second-order valence-electron chi connectivity index (χ2n) is 3.26. The first-order valence-corrected chi connectivity index (χ1v) is 4.44. The molecule has 5 heteroatoms. The topological polar surface area (TPSA) is 30.0 Å². The van der Waals surface area contributed by atoms with Crippen LogP contribution in [0, 0.1) is 0 Å². The molecule has 1 aromatic heterocycles. The normalized spacial score (nSPS) is 11.7. The zero-order chi connectivity index (χ0) is 11.8. The van der Waals surface area contributed by atoms with Gasteiger partial charge < -0.3 is 0 Å². The Kier molecular flexibility index (Phi) is 2.38. The van der Waals surface area contributed by atoms with Crippen LogP contribution in [0.3, 0.4) is 0 Å². The first-order chi connectivity index (χ1) is 7.50. The van der Waals surface area contributed by atoms with E-state index in [4.69, 9.17) is 0 Å². The summed E-state index contributed by atoms with van der Waals surface area (Å²) in [4.78, 5) is 14.3. The van der Waals surface area contributed by atoms with E-state index in [9.17, 15) is 18.0 Å². The van der Waals surface area contributed by atoms with Crippen molar-refractivity contribution in [1.82, 2.24) is 4.98 Å². The lowest BCUT2D eigenvalue weighted by Crippen LogP contribution is -2.04. The van der Waals surface area contributed by atoms with Crippen LogP contribution in [-0.4, -0.2) is 11.3 Å². The summed E-state index contributed by atoms with van der Waals surface area (Å²) in [5, 5.41) is 0.362. The lowest BCUT2D eigenvalue weighted by molar-refractivity contribution is -0.137. The van der Waals surface area contributed by atoms with Crippen LogP contribution in [0.2, 0.25) is 0 Å². The van der Waals surface area contributed by atoms with Crippen LogP contribution in [0.25, 0.3) is 10.9 Å². The SMILES string of the molecule is O=Cc1ccc2cc(C(F)(F)F)ccc2n1. The number of benzene rings is 1. The smallest absolute Gasteiger partial charge is 0.296 e. The molecule has 2 nitrogen and oxygen atoms in total. The maximum absolute atomic E-state index is 12.4. The second kappa shape index (κ2) is 3.59. The third-order valence-electron chi connectivity index (χ3n) is 2.16. The average Bonchev–Trinajstić information content (AvgIpc) is 2.26. The fourth-order valence-corrected chi connectivity index (χ4v) is 1.38. The highest BCUT2D eigenvalue weighted by Gasteiger charge is 2.30. The molecule has 0 amide bonds. The van der Waals surface area contributed by atoms with Crippen molar-refractivity contribution in [3.63, 3.8) is 0 Å². The Hall–Kier alpha value is -1.91. The van der Waals surface area contributed by atoms with Gasteiger partial charge in [-0.05, 0) is 24.3 Å². The van der Waals surface area contributed by atoms with E-state index >= 15 is 0 Å². The summed E-state index contributed by atoms with van der Waals surface area (Å²) in [5.74, 6) is 0. The van der Waals surface area contributed by atoms with Gasteiger partial charge in [-0.2, -0.15) is 13.2 Å². The number of pyridine rings is 1. The number of hydrogen-bond acceptors (Lipinski definition) is 2. The summed E-state index contributed by atoms with van der Waals surface area (Å²) < 4.78 is 37.2. The molecule has 0 radical (unpaired) electrons. The molecule has 2 rings (SSSR count). The number of nitrogens with zero attached hydrogens (tertiary/aromatic N) is 1. The molecule has 82 valence electrons. The highest BCUT2D eigenvalue weighted by molar-refractivity contribution is 5.83. The number of halogens is 3. The minimum atomic E-state index is -4.36. The van der Waals surface area contributed by atoms with E-state index in [-0.39, 0.29) is 5.69 Å². The molecule has 16 heavy (non-hydrogen) atoms. The second-order valence-corrected chi connectivity index (χ2v) is 3.26. The summed E-state index contributed by atoms with van der Waals surface area (Å²) in [6.07, 6.45) is -3.81. The van der Waals surface area contributed by atoms with Gasteiger partial charge in [0, 0.05) is 5.39 Å². The molecule has 0 saturated heterocycles. The highest BCUT2D eigenvalue weighted by atomic mass is 19.4. The number of aromatic nitrogens is 1. The fourth-order valence-electron chi connectivity index (χ4n) is 1.38. The van der Waals surface area contributed by atoms with Crippen molar-refractivity contribution in [1.29, 1.82) is 0 Å². The number of carbonyl (C=O) groups excluding carboxylic acids is 1. The summed E-state index contributed by atoms with van der Waals surface area (Å²) in [7, 11) is 0. The number of carbonyl (C=O) groups is 1. The largest absolute Gasteiger partial charge is 0.416 e. The van der Waals surface area contributed by atoms with E-state index in [0.29, 0.717) is 17.2 Å². The van der Waals surface area contributed by atoms with Gasteiger partial charge in [-0.15, -0.1) is 0 Å². The highest BCUT2D eigenvalue weighted by Crippen LogP contribution is 2.30. The molecule has 0 aliphatic rings. The van der Waals surface area contributed by atoms with Crippen LogP contribution in [-0.2, 0) is 6.18 Å². The zero-order valence-electron chi connectivity index (χ0n) is 7.95. The molecule has 0 aliphatic carbocycles. The Morgan fingerprint density at radius 2 is 1.88 bits per heavy atom. The van der Waals surface area contributed by atoms with Crippen molar-refractivity contribution in [2.45, 2.75) is 6.18 Å². The Morgan fingerprint density at radius 3 is 2.50 bits per heavy atom. The van der Waals surface area contributed by atoms with Crippen LogP contribution in [0.5, 0.6) is 0 Å². The molecule has 0 atom stereocenters. The van der Waals surface area contributed by atoms with E-state index in [1.165, 1.54) is 18.2 Å². The van der Waals surface area contributed by atoms with E-state index in [0.717, 1.165) is 12.1 Å². The van der Waals surface area contributed by atoms with Gasteiger partial charge in [0.05, 0.1) is 11.1 Å². The summed E-state index contributed by atoms with van der Waals surface area (Å²) in [6, 6.07) is 6.04. The summed E-state index contributed by atoms with van der Waals surface area (Å²) >= 11 is 0. The number of fused-ring (bicyclic) bond motifs is 1. The van der Waals surface area contributed by atoms with Crippen molar-refractivity contribution in [2.75, 3.05) is 0 Å². The number of aldehydes is 1. The molecular weight excluding hydrogens is 219 g/mol. The van der Waals surface area contributed by atoms with Gasteiger partial charge in [-0.3, -0.25) is 4.79 Å². The number of rotatable bonds is 1. The number of alkyl halides is 3. The van der Waals surface area contributed by atoms with Crippen LogP contribution in [0.1, 0.15) is 16.1 Å². The van der Waals surface area contributed by atoms with E-state index in [1.54, 1.807) is 0 Å². The predicted molar refractivity (Wildman–Crippen MR) is 52.1 cm³/mol. The zero-order valence-corrected chi connectivity index (χ0v) is 7.95. The fraction of sp³-hybridized carbons (Fsp3) is 0.0909. The molecule has 0 aliphatic heterocycles. The van der Waals surface area contributed by atoms with Crippen molar-refractivity contribution in [2.24, 2.45) is 0 Å². The monoisotopic (exact) mass is 225 g/mol. The minimum absolute atomic E-state index is 0.201. The summed E-state index contributed by atoms with van der Waals surface area (Å²) in [5.41, 5.74) is -0.148. The van der Waals surface area contributed by atoms with Gasteiger partial charge >= 0.3 is 6.18 Å². The lowest BCUT2D eigenvalue weighted by Gasteiger charge is -2.07. The van der Waals surface area contributed by atoms with E-state index < -0.39 is 11.7 Å². The standard InChI is InChI=1S/C11H6F3NO/c12-11(13,14)8-2-4-10-7(5-8)1-3-9(6-16)15-10/h1-6H. The van der Waals surface area contributed by atoms with Gasteiger partial charge in [0.1, 0.15) is 5.69 Å². The lowest BCUT2D eigenvalue weighted by atomic mass is 10.1. The first-order valence-electron chi connectivity index (χ1n) is 4.44. The van der Waals surface area contributed by atoms with Crippen molar-refractivity contribution >= 4 is 17.2 Å². The van der Waals surface area contributed by atoms with Crippen LogP contribution >= 0.6 is 0 Å². The molecule has 0 N–H and O–H groups in total. The Morgan fingerprint density at radius 1 is 1.12 bits per heavy atom. The van der Waals surface area contributed by atoms with E-state index in [2.05, 4.69) is 4.98 Å². The first kappa shape index (κ1) is 10.6. The maximum Gasteiger partial charge on any atom is 0.416 e. The minimum Gasteiger partial charge on any atom is -0.296 e. The molecule has 0 unspecified atom stereocenters. The summed E-state index contributed by atoms with van der Waals surface area (Å²) in [6.45, 7) is 0. The molecule has 0 saturated carbocycles. The van der Waals surface area contributed by atoms with Crippen molar-refractivity contribution < 1.29 is 18.0 Å². The van der Waals surface area contributed by atoms with Crippen LogP contribution in [0.4, 0.5) is 13.2 Å². The number of hydrogen-bond donors (Lipinski definition) is 0. The van der Waals surface area contributed by atoms with Gasteiger partial charge in [0.15, 0.2) is 6.29 Å². The van der Waals surface area contributed by atoms with Gasteiger partial charge in [-0.1, -0.05) is 6.07 Å². The Balaban J connectivity index is 2.60. The van der Waals surface area contributed by atoms with Gasteiger partial charge in [-0.25, -0.2) is 4.98 Å². The molecule has 0 fully saturated rings. The molecular formula is C11H6F3NO. The van der Waals surface area contributed by atoms with E-state index in [1.807, 2.05) is 0 Å². The van der Waals surface area contributed by atoms with Gasteiger partial charge in [0.25, 0.3) is 0 Å². The molecule has 1 aromatic carbocycles.